The molecule has 0 saturated heterocycles. The molecule has 1 heterocycles. The number of furan rings is 1. The van der Waals surface area contributed by atoms with Gasteiger partial charge in [-0.15, -0.1) is 0 Å². The number of nitrogens with one attached hydrogen (secondary N) is 1. The van der Waals surface area contributed by atoms with Gasteiger partial charge < -0.3 is 4.42 Å². The second-order valence-corrected chi connectivity index (χ2v) is 7.04. The van der Waals surface area contributed by atoms with Gasteiger partial charge >= 0.3 is 0 Å². The summed E-state index contributed by atoms with van der Waals surface area (Å²) in [6.07, 6.45) is 1.61. The predicted molar refractivity (Wildman–Crippen MR) is 81.2 cm³/mol. The fraction of sp³-hybridized carbons (Fsp3) is 0.214. The molecule has 0 fully saturated rings. The Morgan fingerprint density at radius 2 is 2.00 bits per heavy atom. The molecule has 0 aliphatic heterocycles. The zero-order valence-corrected chi connectivity index (χ0v) is 12.8. The molecule has 0 unspecified atom stereocenters. The molecular formula is C14H14N2O3S2. The highest BCUT2D eigenvalue weighted by molar-refractivity contribution is 7.98. The fourth-order valence-electron chi connectivity index (χ4n) is 1.61. The van der Waals surface area contributed by atoms with E-state index >= 15 is 0 Å². The van der Waals surface area contributed by atoms with Crippen molar-refractivity contribution in [2.24, 2.45) is 0 Å². The van der Waals surface area contributed by atoms with Gasteiger partial charge in [0.25, 0.3) is 0 Å². The maximum absolute atomic E-state index is 12.0. The van der Waals surface area contributed by atoms with Crippen LogP contribution in [0, 0.1) is 11.3 Å². The van der Waals surface area contributed by atoms with E-state index in [0.717, 1.165) is 5.76 Å². The van der Waals surface area contributed by atoms with Crippen molar-refractivity contribution < 1.29 is 12.8 Å². The lowest BCUT2D eigenvalue weighted by Crippen LogP contribution is -2.26. The highest BCUT2D eigenvalue weighted by Crippen LogP contribution is 2.13. The van der Waals surface area contributed by atoms with Crippen LogP contribution in [-0.2, 0) is 15.8 Å². The average Bonchev–Trinajstić information content (AvgIpc) is 3.00. The number of rotatable bonds is 7. The first kappa shape index (κ1) is 15.6. The summed E-state index contributed by atoms with van der Waals surface area (Å²) >= 11 is 1.59. The van der Waals surface area contributed by atoms with Crippen molar-refractivity contribution in [1.82, 2.24) is 4.72 Å². The molecule has 0 saturated carbocycles. The van der Waals surface area contributed by atoms with Gasteiger partial charge in [0.1, 0.15) is 5.76 Å². The molecule has 0 aliphatic rings. The van der Waals surface area contributed by atoms with E-state index in [-0.39, 0.29) is 4.90 Å². The Labute approximate surface area is 128 Å². The minimum Gasteiger partial charge on any atom is -0.468 e. The molecular weight excluding hydrogens is 308 g/mol. The van der Waals surface area contributed by atoms with Crippen molar-refractivity contribution in [2.45, 2.75) is 10.6 Å². The lowest BCUT2D eigenvalue weighted by molar-refractivity contribution is 0.530. The Morgan fingerprint density at radius 3 is 2.62 bits per heavy atom. The molecule has 1 aromatic carbocycles. The SMILES string of the molecule is N#Cc1ccc(S(=O)(=O)NCCSCc2ccco2)cc1. The maximum Gasteiger partial charge on any atom is 0.240 e. The van der Waals surface area contributed by atoms with E-state index in [0.29, 0.717) is 23.6 Å². The van der Waals surface area contributed by atoms with Crippen LogP contribution in [0.25, 0.3) is 0 Å². The molecule has 1 aromatic heterocycles. The van der Waals surface area contributed by atoms with Crippen molar-refractivity contribution >= 4 is 21.8 Å². The molecule has 2 aromatic rings. The number of benzene rings is 1. The Kier molecular flexibility index (Phi) is 5.44. The molecule has 21 heavy (non-hydrogen) atoms. The summed E-state index contributed by atoms with van der Waals surface area (Å²) < 4.78 is 31.7. The molecule has 0 spiro atoms. The molecule has 7 heteroatoms. The van der Waals surface area contributed by atoms with E-state index < -0.39 is 10.0 Å². The van der Waals surface area contributed by atoms with Crippen LogP contribution in [0.3, 0.4) is 0 Å². The molecule has 5 nitrogen and oxygen atoms in total. The van der Waals surface area contributed by atoms with Gasteiger partial charge in [-0.2, -0.15) is 17.0 Å². The zero-order valence-electron chi connectivity index (χ0n) is 11.2. The fourth-order valence-corrected chi connectivity index (χ4v) is 3.52. The minimum atomic E-state index is -3.52. The quantitative estimate of drug-likeness (QED) is 0.791. The minimum absolute atomic E-state index is 0.164. The number of hydrogen-bond donors (Lipinski definition) is 1. The van der Waals surface area contributed by atoms with Crippen LogP contribution in [0.5, 0.6) is 0 Å². The Bertz CT molecular complexity index is 702. The van der Waals surface area contributed by atoms with Gasteiger partial charge in [0.2, 0.25) is 10.0 Å². The van der Waals surface area contributed by atoms with E-state index in [1.165, 1.54) is 24.3 Å². The van der Waals surface area contributed by atoms with E-state index in [1.54, 1.807) is 18.0 Å². The third-order valence-corrected chi connectivity index (χ3v) is 5.11. The third-order valence-electron chi connectivity index (χ3n) is 2.66. The van der Waals surface area contributed by atoms with E-state index in [2.05, 4.69) is 4.72 Å². The molecule has 1 N–H and O–H groups in total. The number of nitrogens with zero attached hydrogens (tertiary/aromatic N) is 1. The highest BCUT2D eigenvalue weighted by Gasteiger charge is 2.12. The Hall–Kier alpha value is -1.75. The summed E-state index contributed by atoms with van der Waals surface area (Å²) in [5.74, 6) is 2.23. The summed E-state index contributed by atoms with van der Waals surface area (Å²) in [6, 6.07) is 11.5. The lowest BCUT2D eigenvalue weighted by Gasteiger charge is -2.06. The number of hydrogen-bond acceptors (Lipinski definition) is 5. The van der Waals surface area contributed by atoms with Gasteiger partial charge in [-0.1, -0.05) is 0 Å². The lowest BCUT2D eigenvalue weighted by atomic mass is 10.2. The van der Waals surface area contributed by atoms with Crippen molar-refractivity contribution in [3.05, 3.63) is 54.0 Å². The first-order chi connectivity index (χ1) is 10.1. The molecule has 0 amide bonds. The molecule has 0 atom stereocenters. The standard InChI is InChI=1S/C14H14N2O3S2/c15-10-12-3-5-14(6-4-12)21(17,18)16-7-9-20-11-13-2-1-8-19-13/h1-6,8,16H,7,9,11H2. The molecule has 2 rings (SSSR count). The second kappa shape index (κ2) is 7.31. The summed E-state index contributed by atoms with van der Waals surface area (Å²) in [6.45, 7) is 0.341. The predicted octanol–water partition coefficient (Wildman–Crippen LogP) is 2.36. The van der Waals surface area contributed by atoms with Gasteiger partial charge in [-0.05, 0) is 36.4 Å². The van der Waals surface area contributed by atoms with Crippen LogP contribution in [0.1, 0.15) is 11.3 Å². The highest BCUT2D eigenvalue weighted by atomic mass is 32.2. The van der Waals surface area contributed by atoms with Crippen LogP contribution < -0.4 is 4.72 Å². The molecule has 110 valence electrons. The topological polar surface area (TPSA) is 83.1 Å². The second-order valence-electron chi connectivity index (χ2n) is 4.17. The van der Waals surface area contributed by atoms with Crippen LogP contribution in [-0.4, -0.2) is 20.7 Å². The van der Waals surface area contributed by atoms with Crippen molar-refractivity contribution in [3.8, 4) is 6.07 Å². The van der Waals surface area contributed by atoms with E-state index in [9.17, 15) is 8.42 Å². The largest absolute Gasteiger partial charge is 0.468 e. The summed E-state index contributed by atoms with van der Waals surface area (Å²) in [5.41, 5.74) is 0.433. The van der Waals surface area contributed by atoms with Gasteiger partial charge in [0, 0.05) is 12.3 Å². The summed E-state index contributed by atoms with van der Waals surface area (Å²) in [4.78, 5) is 0.164. The normalized spacial score (nSPS) is 11.2. The smallest absolute Gasteiger partial charge is 0.240 e. The van der Waals surface area contributed by atoms with Gasteiger partial charge in [-0.3, -0.25) is 0 Å². The zero-order chi connectivity index (χ0) is 15.1. The molecule has 0 bridgehead atoms. The van der Waals surface area contributed by atoms with Crippen molar-refractivity contribution in [3.63, 3.8) is 0 Å². The summed E-state index contributed by atoms with van der Waals surface area (Å²) in [5, 5.41) is 8.68. The van der Waals surface area contributed by atoms with Crippen LogP contribution in [0.4, 0.5) is 0 Å². The van der Waals surface area contributed by atoms with Crippen LogP contribution in [0.15, 0.2) is 52.0 Å². The van der Waals surface area contributed by atoms with Crippen molar-refractivity contribution in [2.75, 3.05) is 12.3 Å². The van der Waals surface area contributed by atoms with E-state index in [1.807, 2.05) is 18.2 Å². The van der Waals surface area contributed by atoms with Gasteiger partial charge in [0.15, 0.2) is 0 Å². The van der Waals surface area contributed by atoms with Crippen LogP contribution in [0.2, 0.25) is 0 Å². The number of nitriles is 1. The Morgan fingerprint density at radius 1 is 1.24 bits per heavy atom. The number of sulfonamides is 1. The molecule has 0 aliphatic carbocycles. The Balaban J connectivity index is 1.79. The monoisotopic (exact) mass is 322 g/mol. The average molecular weight is 322 g/mol. The first-order valence-electron chi connectivity index (χ1n) is 6.22. The number of thioether (sulfide) groups is 1. The summed E-state index contributed by atoms with van der Waals surface area (Å²) in [7, 11) is -3.52. The first-order valence-corrected chi connectivity index (χ1v) is 8.85. The van der Waals surface area contributed by atoms with Gasteiger partial charge in [-0.25, -0.2) is 13.1 Å². The molecule has 0 radical (unpaired) electrons. The third kappa shape index (κ3) is 4.63. The van der Waals surface area contributed by atoms with Crippen molar-refractivity contribution in [1.29, 1.82) is 5.26 Å². The van der Waals surface area contributed by atoms with Crippen LogP contribution >= 0.6 is 11.8 Å². The van der Waals surface area contributed by atoms with E-state index in [4.69, 9.17) is 9.68 Å². The van der Waals surface area contributed by atoms with Gasteiger partial charge in [0.05, 0.1) is 28.5 Å². The maximum atomic E-state index is 12.0.